The van der Waals surface area contributed by atoms with E-state index < -0.39 is 28.1 Å². The fraction of sp³-hybridized carbons (Fsp3) is 0.900. The Balaban J connectivity index is 4.99. The first kappa shape index (κ1) is 21.8. The lowest BCUT2D eigenvalue weighted by atomic mass is 10.2. The number of nitrogens with zero attached hydrogens (tertiary/aromatic N) is 1. The van der Waals surface area contributed by atoms with Gasteiger partial charge in [0.25, 0.3) is 6.57 Å². The largest absolute Gasteiger partial charge is 0.512 e. The fourth-order valence-corrected chi connectivity index (χ4v) is 5.36. The zero-order valence-electron chi connectivity index (χ0n) is 12.5. The van der Waals surface area contributed by atoms with Gasteiger partial charge in [-0.2, -0.15) is 13.2 Å². The van der Waals surface area contributed by atoms with Crippen LogP contribution in [0.3, 0.4) is 0 Å². The molecule has 1 atom stereocenters. The van der Waals surface area contributed by atoms with E-state index in [1.54, 1.807) is 0 Å². The van der Waals surface area contributed by atoms with Gasteiger partial charge in [0.05, 0.1) is 0 Å². The molecule has 0 fully saturated rings. The second-order valence-corrected chi connectivity index (χ2v) is 10.4. The standard InChI is InChI=1S/C10H20F3N2O4PS2/c1-4-5-6-7-8-9(16)19-20(21,14-2)15(3)22(17,18)10(11,12)13/h4-8H2,1-3H3,(H,14,21). The van der Waals surface area contributed by atoms with Crippen molar-refractivity contribution < 1.29 is 30.9 Å². The van der Waals surface area contributed by atoms with Crippen LogP contribution in [0.25, 0.3) is 0 Å². The van der Waals surface area contributed by atoms with Gasteiger partial charge in [-0.1, -0.05) is 26.2 Å². The molecule has 0 aliphatic rings. The first-order valence-corrected chi connectivity index (χ1v) is 10.6. The van der Waals surface area contributed by atoms with Gasteiger partial charge in [-0.3, -0.25) is 4.79 Å². The van der Waals surface area contributed by atoms with E-state index in [-0.39, 0.29) is 10.5 Å². The normalized spacial score (nSPS) is 15.6. The van der Waals surface area contributed by atoms with Crippen LogP contribution in [0.2, 0.25) is 0 Å². The first-order chi connectivity index (χ1) is 9.92. The van der Waals surface area contributed by atoms with Gasteiger partial charge >= 0.3 is 21.5 Å². The molecule has 0 amide bonds. The number of hydrogen-bond donors (Lipinski definition) is 1. The molecule has 0 saturated carbocycles. The second kappa shape index (κ2) is 8.58. The number of halogens is 3. The molecular weight excluding hydrogens is 364 g/mol. The average molecular weight is 384 g/mol. The summed E-state index contributed by atoms with van der Waals surface area (Å²) in [5.74, 6) is -0.821. The van der Waals surface area contributed by atoms with Gasteiger partial charge in [0.15, 0.2) is 0 Å². The lowest BCUT2D eigenvalue weighted by molar-refractivity contribution is -0.134. The Morgan fingerprint density at radius 1 is 1.32 bits per heavy atom. The molecule has 0 aromatic heterocycles. The van der Waals surface area contributed by atoms with Crippen molar-refractivity contribution in [1.82, 2.24) is 9.16 Å². The van der Waals surface area contributed by atoms with Crippen molar-refractivity contribution in [3.8, 4) is 0 Å². The minimum absolute atomic E-state index is 0.0278. The molecule has 0 radical (unpaired) electrons. The Morgan fingerprint density at radius 3 is 2.27 bits per heavy atom. The summed E-state index contributed by atoms with van der Waals surface area (Å²) in [6, 6.07) is 0. The Bertz CT molecular complexity index is 525. The maximum absolute atomic E-state index is 12.5. The van der Waals surface area contributed by atoms with Crippen LogP contribution in [-0.2, 0) is 31.1 Å². The molecule has 0 aromatic rings. The summed E-state index contributed by atoms with van der Waals surface area (Å²) in [6.07, 6.45) is 3.11. The highest BCUT2D eigenvalue weighted by atomic mass is 32.5. The maximum Gasteiger partial charge on any atom is 0.512 e. The van der Waals surface area contributed by atoms with Gasteiger partial charge in [-0.05, 0) is 25.3 Å². The lowest BCUT2D eigenvalue weighted by Gasteiger charge is -2.29. The zero-order valence-corrected chi connectivity index (χ0v) is 15.0. The molecule has 0 saturated heterocycles. The summed E-state index contributed by atoms with van der Waals surface area (Å²) in [5.41, 5.74) is -5.52. The van der Waals surface area contributed by atoms with Crippen molar-refractivity contribution in [2.45, 2.75) is 44.5 Å². The summed E-state index contributed by atoms with van der Waals surface area (Å²) < 4.78 is 65.1. The van der Waals surface area contributed by atoms with Crippen LogP contribution >= 0.6 is 6.57 Å². The van der Waals surface area contributed by atoms with Gasteiger partial charge in [0.2, 0.25) is 0 Å². The fourth-order valence-electron chi connectivity index (χ4n) is 1.42. The Morgan fingerprint density at radius 2 is 1.86 bits per heavy atom. The molecule has 0 bridgehead atoms. The Labute approximate surface area is 133 Å². The van der Waals surface area contributed by atoms with Crippen LogP contribution in [0.4, 0.5) is 13.2 Å². The van der Waals surface area contributed by atoms with Gasteiger partial charge in [0.1, 0.15) is 0 Å². The van der Waals surface area contributed by atoms with Crippen molar-refractivity contribution >= 4 is 34.4 Å². The molecule has 0 rings (SSSR count). The molecule has 0 aliphatic heterocycles. The smallest absolute Gasteiger partial charge is 0.409 e. The number of unbranched alkanes of at least 4 members (excludes halogenated alkanes) is 3. The minimum Gasteiger partial charge on any atom is -0.409 e. The number of carbonyl (C=O) groups is 1. The summed E-state index contributed by atoms with van der Waals surface area (Å²) in [6.45, 7) is -1.88. The van der Waals surface area contributed by atoms with Gasteiger partial charge in [-0.25, -0.2) is 13.5 Å². The highest BCUT2D eigenvalue weighted by molar-refractivity contribution is 8.15. The van der Waals surface area contributed by atoms with E-state index in [0.717, 1.165) is 26.3 Å². The number of alkyl halides is 3. The van der Waals surface area contributed by atoms with Crippen molar-refractivity contribution in [2.24, 2.45) is 0 Å². The third-order valence-corrected chi connectivity index (χ3v) is 8.94. The van der Waals surface area contributed by atoms with E-state index in [0.29, 0.717) is 13.5 Å². The molecule has 132 valence electrons. The van der Waals surface area contributed by atoms with E-state index in [1.807, 2.05) is 6.92 Å². The zero-order chi connectivity index (χ0) is 17.6. The van der Waals surface area contributed by atoms with Crippen LogP contribution in [0.15, 0.2) is 0 Å². The number of carbonyl (C=O) groups excluding carboxylic acids is 1. The maximum atomic E-state index is 12.5. The van der Waals surface area contributed by atoms with Crippen LogP contribution in [0.5, 0.6) is 0 Å². The summed E-state index contributed by atoms with van der Waals surface area (Å²) in [4.78, 5) is 11.7. The predicted octanol–water partition coefficient (Wildman–Crippen LogP) is 2.73. The molecular formula is C10H20F3N2O4PS2. The third-order valence-electron chi connectivity index (χ3n) is 2.75. The number of rotatable bonds is 9. The van der Waals surface area contributed by atoms with Crippen LogP contribution in [-0.4, -0.2) is 38.1 Å². The summed E-state index contributed by atoms with van der Waals surface area (Å²) in [5, 5.41) is 2.22. The summed E-state index contributed by atoms with van der Waals surface area (Å²) in [7, 11) is -3.89. The van der Waals surface area contributed by atoms with Gasteiger partial charge < -0.3 is 4.52 Å². The highest BCUT2D eigenvalue weighted by Crippen LogP contribution is 2.50. The predicted molar refractivity (Wildman–Crippen MR) is 80.9 cm³/mol. The summed E-state index contributed by atoms with van der Waals surface area (Å²) >= 11 is 4.82. The van der Waals surface area contributed by atoms with Gasteiger partial charge in [-0.15, -0.1) is 4.08 Å². The van der Waals surface area contributed by atoms with E-state index in [2.05, 4.69) is 5.09 Å². The quantitative estimate of drug-likeness (QED) is 0.487. The molecule has 12 heteroatoms. The van der Waals surface area contributed by atoms with Crippen LogP contribution < -0.4 is 5.09 Å². The molecule has 1 unspecified atom stereocenters. The van der Waals surface area contributed by atoms with Crippen LogP contribution in [0.1, 0.15) is 39.0 Å². The highest BCUT2D eigenvalue weighted by Gasteiger charge is 2.53. The Hall–Kier alpha value is -0.220. The average Bonchev–Trinajstić information content (AvgIpc) is 2.41. The van der Waals surface area contributed by atoms with Crippen molar-refractivity contribution in [1.29, 1.82) is 0 Å². The topological polar surface area (TPSA) is 75.7 Å². The lowest BCUT2D eigenvalue weighted by Crippen LogP contribution is -2.39. The van der Waals surface area contributed by atoms with Crippen molar-refractivity contribution in [3.63, 3.8) is 0 Å². The molecule has 0 spiro atoms. The molecule has 6 nitrogen and oxygen atoms in total. The van der Waals surface area contributed by atoms with E-state index in [1.165, 1.54) is 0 Å². The SMILES string of the molecule is CCCCCCC(=O)OP(=S)(NC)N(C)S(=O)(=O)C(F)(F)F. The molecule has 1 N–H and O–H groups in total. The Kier molecular flexibility index (Phi) is 8.50. The number of hydrogen-bond acceptors (Lipinski definition) is 5. The molecule has 0 aromatic carbocycles. The monoisotopic (exact) mass is 384 g/mol. The molecule has 0 aliphatic carbocycles. The van der Waals surface area contributed by atoms with E-state index in [4.69, 9.17) is 16.3 Å². The number of nitrogens with one attached hydrogen (secondary N) is 1. The van der Waals surface area contributed by atoms with E-state index >= 15 is 0 Å². The number of sulfonamides is 1. The minimum atomic E-state index is -5.68. The molecule has 22 heavy (non-hydrogen) atoms. The third kappa shape index (κ3) is 5.77. The van der Waals surface area contributed by atoms with Gasteiger partial charge in [0, 0.05) is 13.5 Å². The van der Waals surface area contributed by atoms with Crippen molar-refractivity contribution in [2.75, 3.05) is 14.1 Å². The van der Waals surface area contributed by atoms with Crippen molar-refractivity contribution in [3.05, 3.63) is 0 Å². The second-order valence-electron chi connectivity index (χ2n) is 4.40. The van der Waals surface area contributed by atoms with Crippen LogP contribution in [0, 0.1) is 0 Å². The first-order valence-electron chi connectivity index (χ1n) is 6.49. The molecule has 0 heterocycles. The van der Waals surface area contributed by atoms with E-state index in [9.17, 15) is 26.4 Å².